The van der Waals surface area contributed by atoms with Gasteiger partial charge in [-0.1, -0.05) is 23.5 Å². The lowest BCUT2D eigenvalue weighted by molar-refractivity contribution is -0.128. The third kappa shape index (κ3) is 8.98. The van der Waals surface area contributed by atoms with E-state index in [1.54, 1.807) is 26.2 Å². The second-order valence-electron chi connectivity index (χ2n) is 7.50. The maximum atomic E-state index is 12.7. The van der Waals surface area contributed by atoms with Crippen molar-refractivity contribution in [1.82, 2.24) is 20.5 Å². The van der Waals surface area contributed by atoms with E-state index in [1.165, 1.54) is 11.8 Å². The smallest absolute Gasteiger partial charge is 0.409 e. The first-order chi connectivity index (χ1) is 16.2. The number of hydrogen-bond donors (Lipinski definition) is 4. The van der Waals surface area contributed by atoms with Crippen molar-refractivity contribution in [3.05, 3.63) is 40.4 Å². The first-order valence-electron chi connectivity index (χ1n) is 10.5. The van der Waals surface area contributed by atoms with Gasteiger partial charge < -0.3 is 20.6 Å². The highest BCUT2D eigenvalue weighted by Gasteiger charge is 2.18. The second-order valence-corrected chi connectivity index (χ2v) is 8.50. The quantitative estimate of drug-likeness (QED) is 0.216. The maximum Gasteiger partial charge on any atom is 0.409 e. The van der Waals surface area contributed by atoms with E-state index >= 15 is 0 Å². The van der Waals surface area contributed by atoms with Crippen LogP contribution in [0, 0.1) is 0 Å². The number of carbonyl (C=O) groups is 4. The molecular formula is C22H28N6O5S. The molecule has 0 saturated heterocycles. The number of aliphatic imine (C=N–C) groups is 1. The van der Waals surface area contributed by atoms with Crippen LogP contribution in [0.15, 0.2) is 29.3 Å². The first kappa shape index (κ1) is 26.5. The van der Waals surface area contributed by atoms with Crippen molar-refractivity contribution in [3.8, 4) is 0 Å². The van der Waals surface area contributed by atoms with E-state index in [4.69, 9.17) is 5.11 Å². The molecule has 0 saturated carbocycles. The summed E-state index contributed by atoms with van der Waals surface area (Å²) in [5.41, 5.74) is 2.14. The van der Waals surface area contributed by atoms with Crippen molar-refractivity contribution < 1.29 is 24.3 Å². The van der Waals surface area contributed by atoms with E-state index in [0.29, 0.717) is 53.6 Å². The summed E-state index contributed by atoms with van der Waals surface area (Å²) < 4.78 is 0. The summed E-state index contributed by atoms with van der Waals surface area (Å²) in [4.78, 5) is 56.6. The van der Waals surface area contributed by atoms with Crippen LogP contribution in [0.25, 0.3) is 0 Å². The third-order valence-corrected chi connectivity index (χ3v) is 5.54. The van der Waals surface area contributed by atoms with E-state index < -0.39 is 6.09 Å². The molecule has 0 atom stereocenters. The summed E-state index contributed by atoms with van der Waals surface area (Å²) in [6.07, 6.45) is 1.83. The first-order valence-corrected chi connectivity index (χ1v) is 11.3. The van der Waals surface area contributed by atoms with Crippen LogP contribution in [0.3, 0.4) is 0 Å². The van der Waals surface area contributed by atoms with Gasteiger partial charge in [-0.2, -0.15) is 0 Å². The predicted molar refractivity (Wildman–Crippen MR) is 130 cm³/mol. The molecule has 11 nitrogen and oxygen atoms in total. The molecule has 0 aliphatic rings. The Morgan fingerprint density at radius 1 is 1.15 bits per heavy atom. The van der Waals surface area contributed by atoms with Crippen LogP contribution in [-0.4, -0.2) is 65.8 Å². The number of aromatic nitrogens is 1. The normalized spacial score (nSPS) is 10.7. The molecule has 0 spiro atoms. The van der Waals surface area contributed by atoms with Crippen molar-refractivity contribution in [2.24, 2.45) is 4.99 Å². The summed E-state index contributed by atoms with van der Waals surface area (Å²) >= 11 is 1.11. The molecule has 34 heavy (non-hydrogen) atoms. The summed E-state index contributed by atoms with van der Waals surface area (Å²) in [6.45, 7) is 1.72. The average molecular weight is 489 g/mol. The lowest BCUT2D eigenvalue weighted by atomic mass is 10.1. The molecule has 0 unspecified atom stereocenters. The molecule has 182 valence electrons. The Bertz CT molecular complexity index is 1050. The van der Waals surface area contributed by atoms with Gasteiger partial charge >= 0.3 is 6.09 Å². The number of carboxylic acid groups (broad SMARTS) is 1. The minimum atomic E-state index is -1.19. The van der Waals surface area contributed by atoms with Crippen molar-refractivity contribution in [1.29, 1.82) is 0 Å². The van der Waals surface area contributed by atoms with Crippen LogP contribution in [0.5, 0.6) is 0 Å². The highest BCUT2D eigenvalue weighted by atomic mass is 32.1. The van der Waals surface area contributed by atoms with Gasteiger partial charge in [0, 0.05) is 34.0 Å². The second kappa shape index (κ2) is 13.0. The molecule has 2 rings (SSSR count). The van der Waals surface area contributed by atoms with Crippen molar-refractivity contribution in [2.75, 3.05) is 26.0 Å². The molecule has 2 aromatic rings. The number of aryl methyl sites for hydroxylation is 2. The lowest BCUT2D eigenvalue weighted by Crippen LogP contribution is -2.27. The Morgan fingerprint density at radius 2 is 1.85 bits per heavy atom. The zero-order valence-electron chi connectivity index (χ0n) is 19.3. The van der Waals surface area contributed by atoms with Crippen molar-refractivity contribution >= 4 is 52.3 Å². The van der Waals surface area contributed by atoms with Crippen LogP contribution < -0.4 is 16.0 Å². The Balaban J connectivity index is 2.01. The number of nitrogens with one attached hydrogen (secondary N) is 3. The molecule has 12 heteroatoms. The Labute approximate surface area is 201 Å². The number of anilines is 1. The molecule has 1 heterocycles. The van der Waals surface area contributed by atoms with Crippen LogP contribution >= 0.6 is 11.3 Å². The Hall–Kier alpha value is -3.80. The molecule has 0 bridgehead atoms. The van der Waals surface area contributed by atoms with Gasteiger partial charge in [0.15, 0.2) is 5.13 Å². The van der Waals surface area contributed by atoms with Crippen molar-refractivity contribution in [3.63, 3.8) is 0 Å². The molecule has 1 aromatic heterocycles. The molecule has 0 fully saturated rings. The molecule has 4 N–H and O–H groups in total. The van der Waals surface area contributed by atoms with Gasteiger partial charge in [0.25, 0.3) is 5.91 Å². The summed E-state index contributed by atoms with van der Waals surface area (Å²) in [6, 6.07) is 7.22. The molecule has 1 aromatic carbocycles. The van der Waals surface area contributed by atoms with E-state index in [-0.39, 0.29) is 17.7 Å². The summed E-state index contributed by atoms with van der Waals surface area (Å²) in [5.74, 6) is -0.574. The van der Waals surface area contributed by atoms with Gasteiger partial charge in [-0.05, 0) is 37.0 Å². The van der Waals surface area contributed by atoms with Crippen LogP contribution in [0.4, 0.5) is 15.6 Å². The average Bonchev–Trinajstić information content (AvgIpc) is 3.17. The summed E-state index contributed by atoms with van der Waals surface area (Å²) in [5, 5.41) is 16.4. The molecular weight excluding hydrogens is 460 g/mol. The number of hydrogen-bond acceptors (Lipinski definition) is 7. The van der Waals surface area contributed by atoms with Gasteiger partial charge in [-0.25, -0.2) is 14.8 Å². The SMILES string of the molecule is CC(=O)Nc1nc(CCc2ccc(N=CNC(=O)O)cc2)c(C(=O)NCCCC(=O)N(C)C)s1. The number of thiazole rings is 1. The lowest BCUT2D eigenvalue weighted by Gasteiger charge is -2.10. The molecule has 0 radical (unpaired) electrons. The maximum absolute atomic E-state index is 12.7. The number of nitrogens with zero attached hydrogens (tertiary/aromatic N) is 3. The fourth-order valence-corrected chi connectivity index (χ4v) is 3.80. The Kier molecular flexibility index (Phi) is 10.1. The van der Waals surface area contributed by atoms with Gasteiger partial charge in [0.1, 0.15) is 4.88 Å². The molecule has 0 aliphatic heterocycles. The fraction of sp³-hybridized carbons (Fsp3) is 0.364. The van der Waals surface area contributed by atoms with E-state index in [0.717, 1.165) is 23.2 Å². The van der Waals surface area contributed by atoms with Gasteiger partial charge in [-0.15, -0.1) is 0 Å². The van der Waals surface area contributed by atoms with Crippen LogP contribution in [0.1, 0.15) is 40.7 Å². The number of carbonyl (C=O) groups excluding carboxylic acids is 3. The van der Waals surface area contributed by atoms with Crippen LogP contribution in [-0.2, 0) is 22.4 Å². The largest absolute Gasteiger partial charge is 0.465 e. The molecule has 4 amide bonds. The van der Waals surface area contributed by atoms with Gasteiger partial charge in [0.05, 0.1) is 17.7 Å². The predicted octanol–water partition coefficient (Wildman–Crippen LogP) is 2.41. The molecule has 0 aliphatic carbocycles. The Morgan fingerprint density at radius 3 is 2.47 bits per heavy atom. The highest BCUT2D eigenvalue weighted by Crippen LogP contribution is 2.25. The summed E-state index contributed by atoms with van der Waals surface area (Å²) in [7, 11) is 3.37. The minimum absolute atomic E-state index is 0.00414. The van der Waals surface area contributed by atoms with E-state index in [1.807, 2.05) is 17.4 Å². The monoisotopic (exact) mass is 488 g/mol. The van der Waals surface area contributed by atoms with Gasteiger partial charge in [0.2, 0.25) is 11.8 Å². The highest BCUT2D eigenvalue weighted by molar-refractivity contribution is 7.17. The van der Waals surface area contributed by atoms with Gasteiger partial charge in [-0.3, -0.25) is 19.7 Å². The standard InChI is InChI=1S/C22H28N6O5S/c1-14(29)26-21-27-17(19(34-21)20(31)23-12-4-5-18(30)28(2)3)11-8-15-6-9-16(10-7-15)24-13-25-22(32)33/h6-7,9-10,13H,4-5,8,11-12H2,1-3H3,(H,23,31)(H,24,25)(H,32,33)(H,26,27,29). The zero-order valence-corrected chi connectivity index (χ0v) is 20.1. The topological polar surface area (TPSA) is 153 Å². The fourth-order valence-electron chi connectivity index (χ4n) is 2.82. The zero-order chi connectivity index (χ0) is 25.1. The number of benzene rings is 1. The minimum Gasteiger partial charge on any atom is -0.465 e. The van der Waals surface area contributed by atoms with Crippen molar-refractivity contribution in [2.45, 2.75) is 32.6 Å². The van der Waals surface area contributed by atoms with Crippen LogP contribution in [0.2, 0.25) is 0 Å². The third-order valence-electron chi connectivity index (χ3n) is 4.53. The van der Waals surface area contributed by atoms with E-state index in [2.05, 4.69) is 20.6 Å². The number of rotatable bonds is 11. The number of amides is 4. The van der Waals surface area contributed by atoms with E-state index in [9.17, 15) is 19.2 Å².